The van der Waals surface area contributed by atoms with Crippen LogP contribution in [0.5, 0.6) is 11.5 Å². The van der Waals surface area contributed by atoms with Crippen LogP contribution < -0.4 is 4.74 Å². The van der Waals surface area contributed by atoms with Crippen molar-refractivity contribution in [2.24, 2.45) is 0 Å². The average molecular weight is 446 g/mol. The lowest BCUT2D eigenvalue weighted by Crippen LogP contribution is -2.25. The molecule has 0 aromatic heterocycles. The van der Waals surface area contributed by atoms with Gasteiger partial charge in [0, 0.05) is 28.4 Å². The van der Waals surface area contributed by atoms with E-state index in [1.165, 1.54) is 60.7 Å². The number of phenolic OH excluding ortho intramolecular Hbond substituents is 1. The highest BCUT2D eigenvalue weighted by molar-refractivity contribution is 7.99. The Hall–Kier alpha value is -2.43. The summed E-state index contributed by atoms with van der Waals surface area (Å²) in [6, 6.07) is 25.3. The first-order valence-electron chi connectivity index (χ1n) is 11.7. The number of phenols is 1. The van der Waals surface area contributed by atoms with Crippen LogP contribution in [0.15, 0.2) is 77.7 Å². The number of rotatable bonds is 7. The molecule has 0 saturated carbocycles. The Morgan fingerprint density at radius 2 is 1.69 bits per heavy atom. The number of ether oxygens (including phenoxy) is 1. The summed E-state index contributed by atoms with van der Waals surface area (Å²) in [5, 5.41) is 9.95. The fourth-order valence-electron chi connectivity index (χ4n) is 5.05. The summed E-state index contributed by atoms with van der Waals surface area (Å²) >= 11 is 1.96. The standard InChI is InChI=1S/C28H31NO2S/c30-23-11-14-25-27(19-23)31-20-26(21-7-2-1-3-8-21)28(25)22-9-12-24(13-10-22)32-18-6-17-29-15-4-5-16-29/h1-3,7-14,19,26,28,30H,4-6,15-18,20H2/t26-,28-/m1/s1. The van der Waals surface area contributed by atoms with Crippen molar-refractivity contribution in [3.05, 3.63) is 89.5 Å². The number of hydrogen-bond donors (Lipinski definition) is 1. The molecular formula is C28H31NO2S. The lowest BCUT2D eigenvalue weighted by molar-refractivity contribution is 0.248. The maximum atomic E-state index is 9.95. The molecule has 3 nitrogen and oxygen atoms in total. The lowest BCUT2D eigenvalue weighted by Gasteiger charge is -2.34. The number of nitrogens with zero attached hydrogens (tertiary/aromatic N) is 1. The first-order chi connectivity index (χ1) is 15.8. The summed E-state index contributed by atoms with van der Waals surface area (Å²) in [5.74, 6) is 2.66. The smallest absolute Gasteiger partial charge is 0.126 e. The molecule has 5 rings (SSSR count). The van der Waals surface area contributed by atoms with Crippen molar-refractivity contribution in [1.29, 1.82) is 0 Å². The normalized spacial score (nSPS) is 20.6. The molecule has 2 aliphatic heterocycles. The zero-order valence-electron chi connectivity index (χ0n) is 18.5. The molecule has 0 radical (unpaired) electrons. The number of hydrogen-bond acceptors (Lipinski definition) is 4. The molecule has 0 unspecified atom stereocenters. The molecule has 0 aliphatic carbocycles. The number of likely N-dealkylation sites (tertiary alicyclic amines) is 1. The van der Waals surface area contributed by atoms with E-state index < -0.39 is 0 Å². The minimum atomic E-state index is 0.205. The van der Waals surface area contributed by atoms with Gasteiger partial charge >= 0.3 is 0 Å². The molecule has 2 heterocycles. The molecule has 0 bridgehead atoms. The summed E-state index contributed by atoms with van der Waals surface area (Å²) in [5.41, 5.74) is 3.74. The van der Waals surface area contributed by atoms with Crippen molar-refractivity contribution in [3.8, 4) is 11.5 Å². The van der Waals surface area contributed by atoms with Gasteiger partial charge in [0.2, 0.25) is 0 Å². The third-order valence-electron chi connectivity index (χ3n) is 6.71. The van der Waals surface area contributed by atoms with Crippen molar-refractivity contribution >= 4 is 11.8 Å². The number of benzene rings is 3. The van der Waals surface area contributed by atoms with E-state index in [1.54, 1.807) is 12.1 Å². The van der Waals surface area contributed by atoms with Crippen LogP contribution in [0, 0.1) is 0 Å². The molecule has 1 saturated heterocycles. The first-order valence-corrected chi connectivity index (χ1v) is 12.7. The van der Waals surface area contributed by atoms with E-state index >= 15 is 0 Å². The van der Waals surface area contributed by atoms with Crippen LogP contribution in [0.25, 0.3) is 0 Å². The van der Waals surface area contributed by atoms with E-state index in [4.69, 9.17) is 4.74 Å². The highest BCUT2D eigenvalue weighted by Crippen LogP contribution is 2.47. The van der Waals surface area contributed by atoms with E-state index in [0.717, 1.165) is 11.3 Å². The van der Waals surface area contributed by atoms with Gasteiger partial charge in [-0.3, -0.25) is 0 Å². The summed E-state index contributed by atoms with van der Waals surface area (Å²) in [4.78, 5) is 3.93. The van der Waals surface area contributed by atoms with Crippen LogP contribution in [0.3, 0.4) is 0 Å². The van der Waals surface area contributed by atoms with Crippen LogP contribution in [-0.2, 0) is 0 Å². The van der Waals surface area contributed by atoms with Gasteiger partial charge in [0.1, 0.15) is 11.5 Å². The molecule has 3 aromatic rings. The summed E-state index contributed by atoms with van der Waals surface area (Å²) < 4.78 is 6.09. The van der Waals surface area contributed by atoms with Gasteiger partial charge in [0.25, 0.3) is 0 Å². The molecule has 0 amide bonds. The molecule has 0 spiro atoms. The summed E-state index contributed by atoms with van der Waals surface area (Å²) in [6.07, 6.45) is 3.99. The fraction of sp³-hybridized carbons (Fsp3) is 0.357. The Labute approximate surface area is 195 Å². The Bertz CT molecular complexity index is 1020. The minimum Gasteiger partial charge on any atom is -0.508 e. The van der Waals surface area contributed by atoms with Crippen molar-refractivity contribution in [1.82, 2.24) is 4.90 Å². The quantitative estimate of drug-likeness (QED) is 0.343. The molecule has 4 heteroatoms. The van der Waals surface area contributed by atoms with Crippen LogP contribution >= 0.6 is 11.8 Å². The molecule has 1 fully saturated rings. The van der Waals surface area contributed by atoms with Crippen molar-refractivity contribution in [2.75, 3.05) is 32.0 Å². The van der Waals surface area contributed by atoms with Gasteiger partial charge in [-0.2, -0.15) is 0 Å². The number of fused-ring (bicyclic) bond motifs is 1. The lowest BCUT2D eigenvalue weighted by atomic mass is 9.76. The van der Waals surface area contributed by atoms with E-state index in [2.05, 4.69) is 59.5 Å². The van der Waals surface area contributed by atoms with E-state index in [-0.39, 0.29) is 17.6 Å². The maximum Gasteiger partial charge on any atom is 0.126 e. The second kappa shape index (κ2) is 10.0. The van der Waals surface area contributed by atoms with Gasteiger partial charge in [-0.15, -0.1) is 11.8 Å². The second-order valence-electron chi connectivity index (χ2n) is 8.85. The van der Waals surface area contributed by atoms with E-state index in [0.29, 0.717) is 6.61 Å². The Morgan fingerprint density at radius 1 is 0.906 bits per heavy atom. The van der Waals surface area contributed by atoms with Crippen molar-refractivity contribution in [2.45, 2.75) is 36.0 Å². The third kappa shape index (κ3) is 4.82. The average Bonchev–Trinajstić information content (AvgIpc) is 3.36. The van der Waals surface area contributed by atoms with E-state index in [9.17, 15) is 5.11 Å². The molecule has 1 N–H and O–H groups in total. The van der Waals surface area contributed by atoms with Crippen molar-refractivity contribution < 1.29 is 9.84 Å². The fourth-order valence-corrected chi connectivity index (χ4v) is 5.89. The SMILES string of the molecule is Oc1ccc2c(c1)OC[C@H](c1ccccc1)[C@@H]2c1ccc(SCCCN2CCCC2)cc1. The molecule has 2 atom stereocenters. The predicted molar refractivity (Wildman–Crippen MR) is 132 cm³/mol. The van der Waals surface area contributed by atoms with Crippen molar-refractivity contribution in [3.63, 3.8) is 0 Å². The van der Waals surface area contributed by atoms with Crippen LogP contribution in [0.2, 0.25) is 0 Å². The molecule has 166 valence electrons. The summed E-state index contributed by atoms with van der Waals surface area (Å²) in [7, 11) is 0. The van der Waals surface area contributed by atoms with E-state index in [1.807, 2.05) is 17.8 Å². The largest absolute Gasteiger partial charge is 0.508 e. The predicted octanol–water partition coefficient (Wildman–Crippen LogP) is 6.28. The number of aromatic hydroxyl groups is 1. The molecular weight excluding hydrogens is 414 g/mol. The zero-order valence-corrected chi connectivity index (χ0v) is 19.3. The highest BCUT2D eigenvalue weighted by atomic mass is 32.2. The number of thioether (sulfide) groups is 1. The second-order valence-corrected chi connectivity index (χ2v) is 10.0. The van der Waals surface area contributed by atoms with Gasteiger partial charge in [-0.25, -0.2) is 0 Å². The third-order valence-corrected chi connectivity index (χ3v) is 7.80. The topological polar surface area (TPSA) is 32.7 Å². The molecule has 2 aliphatic rings. The maximum absolute atomic E-state index is 9.95. The van der Waals surface area contributed by atoms with Gasteiger partial charge in [0.15, 0.2) is 0 Å². The Kier molecular flexibility index (Phi) is 6.70. The van der Waals surface area contributed by atoms with Gasteiger partial charge in [-0.05, 0) is 74.0 Å². The highest BCUT2D eigenvalue weighted by Gasteiger charge is 2.33. The zero-order chi connectivity index (χ0) is 21.8. The minimum absolute atomic E-state index is 0.205. The first kappa shape index (κ1) is 21.4. The van der Waals surface area contributed by atoms with Gasteiger partial charge in [0.05, 0.1) is 6.61 Å². The van der Waals surface area contributed by atoms with Gasteiger partial charge in [-0.1, -0.05) is 48.5 Å². The summed E-state index contributed by atoms with van der Waals surface area (Å²) in [6.45, 7) is 4.41. The van der Waals surface area contributed by atoms with Gasteiger partial charge < -0.3 is 14.7 Å². The Balaban J connectivity index is 1.33. The molecule has 32 heavy (non-hydrogen) atoms. The van der Waals surface area contributed by atoms with Crippen LogP contribution in [0.1, 0.15) is 47.8 Å². The molecule has 3 aromatic carbocycles. The Morgan fingerprint density at radius 3 is 2.47 bits per heavy atom. The van der Waals surface area contributed by atoms with Crippen LogP contribution in [-0.4, -0.2) is 42.0 Å². The van der Waals surface area contributed by atoms with Crippen LogP contribution in [0.4, 0.5) is 0 Å². The monoisotopic (exact) mass is 445 g/mol.